The van der Waals surface area contributed by atoms with Crippen LogP contribution in [-0.2, 0) is 13.1 Å². The zero-order valence-corrected chi connectivity index (χ0v) is 19.9. The molecule has 0 fully saturated rings. The maximum Gasteiger partial charge on any atom is 0.275 e. The third-order valence-electron chi connectivity index (χ3n) is 6.23. The molecular weight excluding hydrogens is 462 g/mol. The molecule has 0 atom stereocenters. The second-order valence-electron chi connectivity index (χ2n) is 8.57. The number of hydrogen-bond donors (Lipinski definition) is 1. The van der Waals surface area contributed by atoms with E-state index >= 15 is 0 Å². The molecular formula is C30H23N5O2. The van der Waals surface area contributed by atoms with Crippen molar-refractivity contribution < 1.29 is 4.92 Å². The van der Waals surface area contributed by atoms with E-state index in [2.05, 4.69) is 16.4 Å². The Morgan fingerprint density at radius 2 is 1.62 bits per heavy atom. The number of nitro benzene ring substituents is 1. The molecule has 0 bridgehead atoms. The summed E-state index contributed by atoms with van der Waals surface area (Å²) in [5.74, 6) is 0. The molecule has 1 aromatic heterocycles. The van der Waals surface area contributed by atoms with Crippen molar-refractivity contribution in [1.82, 2.24) is 9.55 Å². The first-order valence-electron chi connectivity index (χ1n) is 11.8. The lowest BCUT2D eigenvalue weighted by Crippen LogP contribution is -2.09. The van der Waals surface area contributed by atoms with Gasteiger partial charge in [0, 0.05) is 29.1 Å². The second-order valence-corrected chi connectivity index (χ2v) is 8.57. The standard InChI is InChI=1S/C30H23N5O2/c31-17-25-13-14-27(16-29(25)23-9-5-2-6-10-23)33-19-28-18-32-21-34(28)20-26-12-11-24(15-30(26)35(36)37)22-7-3-1-4-8-22/h1-16,18,21,33H,19-20H2. The highest BCUT2D eigenvalue weighted by Gasteiger charge is 2.17. The van der Waals surface area contributed by atoms with Crippen LogP contribution in [0.25, 0.3) is 22.3 Å². The van der Waals surface area contributed by atoms with E-state index < -0.39 is 0 Å². The van der Waals surface area contributed by atoms with Crippen molar-refractivity contribution >= 4 is 11.4 Å². The Balaban J connectivity index is 1.36. The molecule has 0 saturated carbocycles. The Morgan fingerprint density at radius 1 is 0.892 bits per heavy atom. The Labute approximate surface area is 214 Å². The molecule has 37 heavy (non-hydrogen) atoms. The summed E-state index contributed by atoms with van der Waals surface area (Å²) in [7, 11) is 0. The van der Waals surface area contributed by atoms with Gasteiger partial charge in [-0.2, -0.15) is 5.26 Å². The molecule has 0 amide bonds. The predicted octanol–water partition coefficient (Wildman–Crippen LogP) is 6.66. The molecule has 5 rings (SSSR count). The Hall–Kier alpha value is -5.22. The minimum absolute atomic E-state index is 0.0774. The van der Waals surface area contributed by atoms with Crippen molar-refractivity contribution in [3.8, 4) is 28.3 Å². The van der Waals surface area contributed by atoms with Crippen LogP contribution in [0.3, 0.4) is 0 Å². The van der Waals surface area contributed by atoms with Crippen LogP contribution < -0.4 is 5.32 Å². The summed E-state index contributed by atoms with van der Waals surface area (Å²) in [6, 6.07) is 32.6. The third-order valence-corrected chi connectivity index (χ3v) is 6.23. The first kappa shape index (κ1) is 23.5. The monoisotopic (exact) mass is 485 g/mol. The van der Waals surface area contributed by atoms with Crippen molar-refractivity contribution in [3.05, 3.63) is 137 Å². The molecule has 1 N–H and O–H groups in total. The fourth-order valence-electron chi connectivity index (χ4n) is 4.30. The van der Waals surface area contributed by atoms with Crippen LogP contribution in [0.15, 0.2) is 110 Å². The molecule has 0 aliphatic rings. The molecule has 4 aromatic carbocycles. The Bertz CT molecular complexity index is 1590. The van der Waals surface area contributed by atoms with E-state index in [9.17, 15) is 15.4 Å². The summed E-state index contributed by atoms with van der Waals surface area (Å²) < 4.78 is 1.90. The van der Waals surface area contributed by atoms with Crippen molar-refractivity contribution in [1.29, 1.82) is 5.26 Å². The number of nitriles is 1. The molecule has 0 saturated heterocycles. The van der Waals surface area contributed by atoms with Gasteiger partial charge in [-0.15, -0.1) is 0 Å². The number of nitrogens with zero attached hydrogens (tertiary/aromatic N) is 4. The lowest BCUT2D eigenvalue weighted by atomic mass is 9.99. The normalized spacial score (nSPS) is 10.6. The van der Waals surface area contributed by atoms with Gasteiger partial charge in [0.15, 0.2) is 0 Å². The molecule has 180 valence electrons. The lowest BCUT2D eigenvalue weighted by molar-refractivity contribution is -0.385. The zero-order chi connectivity index (χ0) is 25.6. The van der Waals surface area contributed by atoms with Crippen LogP contribution in [0, 0.1) is 21.4 Å². The molecule has 7 nitrogen and oxygen atoms in total. The third kappa shape index (κ3) is 5.24. The molecule has 1 heterocycles. The first-order valence-corrected chi connectivity index (χ1v) is 11.8. The van der Waals surface area contributed by atoms with E-state index in [1.807, 2.05) is 89.5 Å². The van der Waals surface area contributed by atoms with Crippen LogP contribution in [0.5, 0.6) is 0 Å². The fourth-order valence-corrected chi connectivity index (χ4v) is 4.30. The van der Waals surface area contributed by atoms with Gasteiger partial charge in [0.1, 0.15) is 0 Å². The van der Waals surface area contributed by atoms with Crippen molar-refractivity contribution in [2.75, 3.05) is 5.32 Å². The molecule has 0 radical (unpaired) electrons. The van der Waals surface area contributed by atoms with Gasteiger partial charge < -0.3 is 9.88 Å². The topological polar surface area (TPSA) is 96.8 Å². The Kier molecular flexibility index (Phi) is 6.73. The fraction of sp³-hybridized carbons (Fsp3) is 0.0667. The van der Waals surface area contributed by atoms with Gasteiger partial charge in [0.25, 0.3) is 5.69 Å². The number of nitrogens with one attached hydrogen (secondary N) is 1. The van der Waals surface area contributed by atoms with Crippen LogP contribution in [0.1, 0.15) is 16.8 Å². The number of aromatic nitrogens is 2. The van der Waals surface area contributed by atoms with Crippen molar-refractivity contribution in [3.63, 3.8) is 0 Å². The lowest BCUT2D eigenvalue weighted by Gasteiger charge is -2.13. The van der Waals surface area contributed by atoms with Crippen LogP contribution in [-0.4, -0.2) is 14.5 Å². The summed E-state index contributed by atoms with van der Waals surface area (Å²) >= 11 is 0. The largest absolute Gasteiger partial charge is 0.379 e. The average Bonchev–Trinajstić information content (AvgIpc) is 3.39. The van der Waals surface area contributed by atoms with Crippen molar-refractivity contribution in [2.24, 2.45) is 0 Å². The van der Waals surface area contributed by atoms with Gasteiger partial charge in [-0.05, 0) is 41.0 Å². The molecule has 0 aliphatic carbocycles. The highest BCUT2D eigenvalue weighted by Crippen LogP contribution is 2.29. The molecule has 5 aromatic rings. The second kappa shape index (κ2) is 10.6. The van der Waals surface area contributed by atoms with Crippen molar-refractivity contribution in [2.45, 2.75) is 13.1 Å². The number of nitro groups is 1. The zero-order valence-electron chi connectivity index (χ0n) is 19.9. The van der Waals surface area contributed by atoms with Gasteiger partial charge in [0.2, 0.25) is 0 Å². The van der Waals surface area contributed by atoms with Gasteiger partial charge in [-0.1, -0.05) is 66.7 Å². The number of hydrogen-bond acceptors (Lipinski definition) is 5. The van der Waals surface area contributed by atoms with E-state index in [0.29, 0.717) is 24.2 Å². The summed E-state index contributed by atoms with van der Waals surface area (Å²) in [6.45, 7) is 0.793. The van der Waals surface area contributed by atoms with E-state index in [-0.39, 0.29) is 10.6 Å². The smallest absolute Gasteiger partial charge is 0.275 e. The number of anilines is 1. The van der Waals surface area contributed by atoms with E-state index in [4.69, 9.17) is 0 Å². The highest BCUT2D eigenvalue weighted by atomic mass is 16.6. The quantitative estimate of drug-likeness (QED) is 0.196. The summed E-state index contributed by atoms with van der Waals surface area (Å²) in [6.07, 6.45) is 3.43. The summed E-state index contributed by atoms with van der Waals surface area (Å²) in [5.41, 5.74) is 6.60. The first-order chi connectivity index (χ1) is 18.1. The molecule has 0 aliphatic heterocycles. The van der Waals surface area contributed by atoms with E-state index in [0.717, 1.165) is 33.6 Å². The van der Waals surface area contributed by atoms with Crippen LogP contribution >= 0.6 is 0 Å². The van der Waals surface area contributed by atoms with Gasteiger partial charge in [-0.3, -0.25) is 10.1 Å². The number of imidazole rings is 1. The highest BCUT2D eigenvalue weighted by molar-refractivity contribution is 5.74. The summed E-state index contributed by atoms with van der Waals surface area (Å²) in [5, 5.41) is 24.8. The maximum absolute atomic E-state index is 11.9. The SMILES string of the molecule is N#Cc1ccc(NCc2cncn2Cc2ccc(-c3ccccc3)cc2[N+](=O)[O-])cc1-c1ccccc1. The maximum atomic E-state index is 11.9. The predicted molar refractivity (Wildman–Crippen MR) is 144 cm³/mol. The van der Waals surface area contributed by atoms with Crippen LogP contribution in [0.2, 0.25) is 0 Å². The molecule has 0 spiro atoms. The van der Waals surface area contributed by atoms with Gasteiger partial charge in [0.05, 0.1) is 41.7 Å². The van der Waals surface area contributed by atoms with E-state index in [1.54, 1.807) is 24.7 Å². The average molecular weight is 486 g/mol. The molecule has 0 unspecified atom stereocenters. The minimum atomic E-state index is -0.335. The van der Waals surface area contributed by atoms with Crippen LogP contribution in [0.4, 0.5) is 11.4 Å². The van der Waals surface area contributed by atoms with E-state index in [1.165, 1.54) is 0 Å². The minimum Gasteiger partial charge on any atom is -0.379 e. The Morgan fingerprint density at radius 3 is 2.32 bits per heavy atom. The van der Waals surface area contributed by atoms with Gasteiger partial charge in [-0.25, -0.2) is 4.98 Å². The van der Waals surface area contributed by atoms with Gasteiger partial charge >= 0.3 is 0 Å². The summed E-state index contributed by atoms with van der Waals surface area (Å²) in [4.78, 5) is 15.8. The number of rotatable bonds is 8. The number of benzene rings is 4. The molecule has 7 heteroatoms.